The van der Waals surface area contributed by atoms with Gasteiger partial charge in [0.15, 0.2) is 0 Å². The van der Waals surface area contributed by atoms with Gasteiger partial charge in [0.2, 0.25) is 5.75 Å². The molecule has 1 aromatic heterocycles. The molecule has 0 unspecified atom stereocenters. The van der Waals surface area contributed by atoms with Gasteiger partial charge in [0.05, 0.1) is 12.0 Å². The van der Waals surface area contributed by atoms with Crippen molar-refractivity contribution >= 4 is 22.5 Å². The molecule has 1 heterocycles. The molecule has 0 saturated heterocycles. The summed E-state index contributed by atoms with van der Waals surface area (Å²) in [6.07, 6.45) is -5.19. The predicted octanol–water partition coefficient (Wildman–Crippen LogP) is 2.28. The molecule has 0 aliphatic carbocycles. The quantitative estimate of drug-likeness (QED) is 0.481. The fourth-order valence-corrected chi connectivity index (χ4v) is 1.20. The van der Waals surface area contributed by atoms with Crippen molar-refractivity contribution in [2.75, 3.05) is 7.11 Å². The lowest BCUT2D eigenvalue weighted by molar-refractivity contribution is -0.389. The van der Waals surface area contributed by atoms with Gasteiger partial charge in [-0.15, -0.1) is 13.2 Å². The van der Waals surface area contributed by atoms with Crippen molar-refractivity contribution in [3.05, 3.63) is 21.9 Å². The van der Waals surface area contributed by atoms with Crippen molar-refractivity contribution < 1.29 is 32.4 Å². The summed E-state index contributed by atoms with van der Waals surface area (Å²) in [5.74, 6) is -2.07. The average molecular weight is 301 g/mol. The molecule has 0 aromatic carbocycles. The van der Waals surface area contributed by atoms with E-state index < -0.39 is 39.5 Å². The van der Waals surface area contributed by atoms with Gasteiger partial charge in [0.1, 0.15) is 5.69 Å². The number of halogens is 4. The number of aromatic nitrogens is 1. The van der Waals surface area contributed by atoms with Gasteiger partial charge in [-0.05, 0) is 11.6 Å². The molecule has 104 valence electrons. The molecule has 1 aromatic rings. The number of carbonyl (C=O) groups is 1. The van der Waals surface area contributed by atoms with Gasteiger partial charge >= 0.3 is 12.0 Å². The minimum absolute atomic E-state index is 0.406. The Bertz CT molecular complexity index is 534. The van der Waals surface area contributed by atoms with E-state index in [1.807, 2.05) is 0 Å². The summed E-state index contributed by atoms with van der Waals surface area (Å²) >= 11 is 5.04. The smallest absolute Gasteiger partial charge is 0.476 e. The van der Waals surface area contributed by atoms with Gasteiger partial charge in [0.25, 0.3) is 11.1 Å². The van der Waals surface area contributed by atoms with Crippen LogP contribution in [0.2, 0.25) is 0 Å². The van der Waals surface area contributed by atoms with Gasteiger partial charge in [-0.1, -0.05) is 0 Å². The van der Waals surface area contributed by atoms with E-state index in [4.69, 9.17) is 11.6 Å². The number of carbonyl (C=O) groups excluding carboxylic acids is 1. The highest BCUT2D eigenvalue weighted by atomic mass is 35.5. The van der Waals surface area contributed by atoms with Crippen LogP contribution in [-0.2, 0) is 0 Å². The number of hydrogen-bond donors (Lipinski definition) is 0. The molecular formula is C8H4ClF3N2O5. The molecular weight excluding hydrogens is 297 g/mol. The Morgan fingerprint density at radius 2 is 2.11 bits per heavy atom. The molecule has 7 nitrogen and oxygen atoms in total. The molecule has 19 heavy (non-hydrogen) atoms. The van der Waals surface area contributed by atoms with Gasteiger partial charge in [0, 0.05) is 6.07 Å². The summed E-state index contributed by atoms with van der Waals surface area (Å²) in [4.78, 5) is 23.7. The molecule has 1 rings (SSSR count). The number of nitro groups is 1. The third kappa shape index (κ3) is 3.68. The third-order valence-electron chi connectivity index (χ3n) is 1.73. The van der Waals surface area contributed by atoms with Crippen LogP contribution in [0.25, 0.3) is 0 Å². The third-order valence-corrected chi connectivity index (χ3v) is 1.92. The van der Waals surface area contributed by atoms with Crippen molar-refractivity contribution in [1.82, 2.24) is 4.98 Å². The van der Waals surface area contributed by atoms with Gasteiger partial charge in [-0.2, -0.15) is 0 Å². The summed E-state index contributed by atoms with van der Waals surface area (Å²) in [7, 11) is 0.926. The first kappa shape index (κ1) is 15.0. The Balaban J connectivity index is 3.50. The van der Waals surface area contributed by atoms with Gasteiger partial charge < -0.3 is 9.47 Å². The number of methoxy groups -OCH3 is 1. The number of rotatable bonds is 4. The zero-order chi connectivity index (χ0) is 14.8. The highest BCUT2D eigenvalue weighted by Gasteiger charge is 2.37. The SMILES string of the molecule is COc1nc(C(=O)Cl)cc(OC(F)(F)F)c1[N+](=O)[O-]. The van der Waals surface area contributed by atoms with E-state index in [1.54, 1.807) is 0 Å². The molecule has 0 spiro atoms. The zero-order valence-electron chi connectivity index (χ0n) is 9.02. The highest BCUT2D eigenvalue weighted by molar-refractivity contribution is 6.67. The lowest BCUT2D eigenvalue weighted by Gasteiger charge is -2.11. The lowest BCUT2D eigenvalue weighted by Crippen LogP contribution is -2.19. The molecule has 0 aliphatic rings. The molecule has 0 saturated carbocycles. The first-order valence-electron chi connectivity index (χ1n) is 4.34. The average Bonchev–Trinajstić information content (AvgIpc) is 2.24. The minimum Gasteiger partial charge on any atom is -0.476 e. The van der Waals surface area contributed by atoms with Crippen molar-refractivity contribution in [3.63, 3.8) is 0 Å². The second kappa shape index (κ2) is 5.26. The maximum absolute atomic E-state index is 12.1. The lowest BCUT2D eigenvalue weighted by atomic mass is 10.3. The minimum atomic E-state index is -5.19. The van der Waals surface area contributed by atoms with E-state index in [1.165, 1.54) is 0 Å². The first-order valence-corrected chi connectivity index (χ1v) is 4.72. The van der Waals surface area contributed by atoms with Crippen LogP contribution in [-0.4, -0.2) is 28.6 Å². The van der Waals surface area contributed by atoms with Gasteiger partial charge in [-0.25, -0.2) is 4.98 Å². The molecule has 0 fully saturated rings. The van der Waals surface area contributed by atoms with Crippen molar-refractivity contribution in [1.29, 1.82) is 0 Å². The first-order chi connectivity index (χ1) is 8.65. The Labute approximate surface area is 108 Å². The normalized spacial score (nSPS) is 11.0. The number of nitrogens with zero attached hydrogens (tertiary/aromatic N) is 2. The summed E-state index contributed by atoms with van der Waals surface area (Å²) < 4.78 is 44.3. The number of ether oxygens (including phenoxy) is 2. The van der Waals surface area contributed by atoms with Crippen molar-refractivity contribution in [2.45, 2.75) is 6.36 Å². The Kier molecular flexibility index (Phi) is 4.14. The number of alkyl halides is 3. The Morgan fingerprint density at radius 1 is 1.53 bits per heavy atom. The maximum atomic E-state index is 12.1. The van der Waals surface area contributed by atoms with E-state index in [2.05, 4.69) is 14.5 Å². The molecule has 0 aliphatic heterocycles. The van der Waals surface area contributed by atoms with E-state index in [0.29, 0.717) is 6.07 Å². The van der Waals surface area contributed by atoms with Crippen LogP contribution in [0.15, 0.2) is 6.07 Å². The molecule has 0 atom stereocenters. The van der Waals surface area contributed by atoms with Crippen LogP contribution in [0.1, 0.15) is 10.5 Å². The van der Waals surface area contributed by atoms with E-state index in [0.717, 1.165) is 7.11 Å². The van der Waals surface area contributed by atoms with Crippen molar-refractivity contribution in [2.24, 2.45) is 0 Å². The topological polar surface area (TPSA) is 91.6 Å². The number of pyridine rings is 1. The fraction of sp³-hybridized carbons (Fsp3) is 0.250. The molecule has 11 heteroatoms. The maximum Gasteiger partial charge on any atom is 0.573 e. The molecule has 0 amide bonds. The van der Waals surface area contributed by atoms with Crippen LogP contribution in [0, 0.1) is 10.1 Å². The highest BCUT2D eigenvalue weighted by Crippen LogP contribution is 2.38. The van der Waals surface area contributed by atoms with Crippen LogP contribution in [0.3, 0.4) is 0 Å². The Hall–Kier alpha value is -2.10. The van der Waals surface area contributed by atoms with Crippen LogP contribution >= 0.6 is 11.6 Å². The molecule has 0 bridgehead atoms. The molecule has 0 N–H and O–H groups in total. The van der Waals surface area contributed by atoms with E-state index in [-0.39, 0.29) is 0 Å². The standard InChI is InChI=1S/C8H4ClF3N2O5/c1-18-7-5(14(16)17)4(19-8(10,11)12)2-3(13-7)6(9)15/h2H,1H3. The summed E-state index contributed by atoms with van der Waals surface area (Å²) in [6, 6.07) is 0.406. The zero-order valence-corrected chi connectivity index (χ0v) is 9.78. The summed E-state index contributed by atoms with van der Waals surface area (Å²) in [6.45, 7) is 0. The van der Waals surface area contributed by atoms with Crippen LogP contribution in [0.4, 0.5) is 18.9 Å². The summed E-state index contributed by atoms with van der Waals surface area (Å²) in [5, 5.41) is 9.47. The fourth-order valence-electron chi connectivity index (χ4n) is 1.11. The van der Waals surface area contributed by atoms with Crippen LogP contribution in [0.5, 0.6) is 11.6 Å². The second-order valence-corrected chi connectivity index (χ2v) is 3.29. The Morgan fingerprint density at radius 3 is 2.47 bits per heavy atom. The monoisotopic (exact) mass is 300 g/mol. The van der Waals surface area contributed by atoms with E-state index >= 15 is 0 Å². The number of hydrogen-bond acceptors (Lipinski definition) is 6. The van der Waals surface area contributed by atoms with Crippen molar-refractivity contribution in [3.8, 4) is 11.6 Å². The second-order valence-electron chi connectivity index (χ2n) is 2.94. The van der Waals surface area contributed by atoms with Gasteiger partial charge in [-0.3, -0.25) is 14.9 Å². The molecule has 0 radical (unpaired) electrons. The van der Waals surface area contributed by atoms with E-state index in [9.17, 15) is 28.1 Å². The predicted molar refractivity (Wildman–Crippen MR) is 54.3 cm³/mol. The van der Waals surface area contributed by atoms with Crippen LogP contribution < -0.4 is 9.47 Å². The summed E-state index contributed by atoms with van der Waals surface area (Å²) in [5.41, 5.74) is -1.84. The largest absolute Gasteiger partial charge is 0.573 e.